The summed E-state index contributed by atoms with van der Waals surface area (Å²) in [5.74, 6) is 0. The molecule has 94 valence electrons. The maximum Gasteiger partial charge on any atom is 0.240 e. The average molecular weight is 254 g/mol. The molecule has 2 N–H and O–H groups in total. The van der Waals surface area contributed by atoms with E-state index in [0.717, 1.165) is 19.4 Å². The summed E-state index contributed by atoms with van der Waals surface area (Å²) in [6.07, 6.45) is 3.19. The summed E-state index contributed by atoms with van der Waals surface area (Å²) in [6.45, 7) is 1.55. The Morgan fingerprint density at radius 2 is 2.06 bits per heavy atom. The van der Waals surface area contributed by atoms with Gasteiger partial charge in [-0.05, 0) is 37.9 Å². The summed E-state index contributed by atoms with van der Waals surface area (Å²) in [5, 5.41) is 3.35. The summed E-state index contributed by atoms with van der Waals surface area (Å²) in [5.41, 5.74) is 0. The lowest BCUT2D eigenvalue weighted by Gasteiger charge is -2.11. The van der Waals surface area contributed by atoms with E-state index in [1.807, 2.05) is 6.07 Å². The van der Waals surface area contributed by atoms with Crippen molar-refractivity contribution in [2.24, 2.45) is 0 Å². The third-order valence-electron chi connectivity index (χ3n) is 3.00. The van der Waals surface area contributed by atoms with Gasteiger partial charge in [0.15, 0.2) is 0 Å². The van der Waals surface area contributed by atoms with Crippen molar-refractivity contribution in [3.8, 4) is 0 Å². The zero-order valence-corrected chi connectivity index (χ0v) is 10.5. The predicted octanol–water partition coefficient (Wildman–Crippen LogP) is 1.11. The van der Waals surface area contributed by atoms with Gasteiger partial charge >= 0.3 is 0 Å². The first kappa shape index (κ1) is 12.5. The van der Waals surface area contributed by atoms with Crippen LogP contribution in [0.5, 0.6) is 0 Å². The fraction of sp³-hybridized carbons (Fsp3) is 0.500. The molecule has 5 heteroatoms. The van der Waals surface area contributed by atoms with Gasteiger partial charge in [-0.15, -0.1) is 0 Å². The van der Waals surface area contributed by atoms with Gasteiger partial charge in [0.25, 0.3) is 0 Å². The summed E-state index contributed by atoms with van der Waals surface area (Å²) in [7, 11) is -3.33. The molecular formula is C12H18N2O2S. The molecule has 1 saturated heterocycles. The molecule has 0 bridgehead atoms. The minimum atomic E-state index is -3.33. The third-order valence-corrected chi connectivity index (χ3v) is 4.48. The molecule has 17 heavy (non-hydrogen) atoms. The topological polar surface area (TPSA) is 58.2 Å². The van der Waals surface area contributed by atoms with Crippen LogP contribution in [0.25, 0.3) is 0 Å². The molecule has 0 aliphatic carbocycles. The van der Waals surface area contributed by atoms with Crippen LogP contribution in [0.4, 0.5) is 0 Å². The normalized spacial score (nSPS) is 20.6. The third kappa shape index (κ3) is 3.52. The molecule has 0 saturated carbocycles. The molecule has 1 fully saturated rings. The Bertz CT molecular complexity index is 439. The highest BCUT2D eigenvalue weighted by molar-refractivity contribution is 7.89. The number of nitrogens with one attached hydrogen (secondary N) is 2. The first-order chi connectivity index (χ1) is 8.18. The standard InChI is InChI=1S/C12H18N2O2S/c15-17(16,12-6-2-1-3-7-12)14-10-8-11-5-4-9-13-11/h1-3,6-7,11,13-14H,4-5,8-10H2/t11-/m1/s1. The van der Waals surface area contributed by atoms with Crippen LogP contribution < -0.4 is 10.0 Å². The molecule has 1 aliphatic rings. The van der Waals surface area contributed by atoms with Crippen molar-refractivity contribution in [2.45, 2.75) is 30.2 Å². The SMILES string of the molecule is O=S(=O)(NCC[C@H]1CCCN1)c1ccccc1. The van der Waals surface area contributed by atoms with E-state index in [1.54, 1.807) is 24.3 Å². The summed E-state index contributed by atoms with van der Waals surface area (Å²) in [6, 6.07) is 8.95. The van der Waals surface area contributed by atoms with Crippen LogP contribution >= 0.6 is 0 Å². The second kappa shape index (κ2) is 5.62. The van der Waals surface area contributed by atoms with Gasteiger partial charge < -0.3 is 5.32 Å². The first-order valence-electron chi connectivity index (χ1n) is 5.96. The maximum atomic E-state index is 11.9. The van der Waals surface area contributed by atoms with Gasteiger partial charge in [-0.1, -0.05) is 18.2 Å². The lowest BCUT2D eigenvalue weighted by Crippen LogP contribution is -2.30. The van der Waals surface area contributed by atoms with Crippen molar-refractivity contribution in [2.75, 3.05) is 13.1 Å². The van der Waals surface area contributed by atoms with E-state index in [9.17, 15) is 8.42 Å². The molecule has 0 radical (unpaired) electrons. The van der Waals surface area contributed by atoms with Gasteiger partial charge in [0.2, 0.25) is 10.0 Å². The number of sulfonamides is 1. The van der Waals surface area contributed by atoms with Gasteiger partial charge in [-0.3, -0.25) is 0 Å². The molecule has 0 spiro atoms. The largest absolute Gasteiger partial charge is 0.314 e. The van der Waals surface area contributed by atoms with Gasteiger partial charge in [-0.25, -0.2) is 13.1 Å². The van der Waals surface area contributed by atoms with E-state index in [-0.39, 0.29) is 0 Å². The summed E-state index contributed by atoms with van der Waals surface area (Å²) in [4.78, 5) is 0.333. The molecular weight excluding hydrogens is 236 g/mol. The van der Waals surface area contributed by atoms with E-state index in [1.165, 1.54) is 6.42 Å². The molecule has 1 aromatic rings. The van der Waals surface area contributed by atoms with Crippen molar-refractivity contribution in [3.05, 3.63) is 30.3 Å². The van der Waals surface area contributed by atoms with E-state index in [0.29, 0.717) is 17.5 Å². The molecule has 1 aromatic carbocycles. The number of hydrogen-bond acceptors (Lipinski definition) is 3. The molecule has 1 atom stereocenters. The fourth-order valence-electron chi connectivity index (χ4n) is 2.05. The van der Waals surface area contributed by atoms with Gasteiger partial charge in [0.05, 0.1) is 4.90 Å². The van der Waals surface area contributed by atoms with Crippen LogP contribution in [-0.4, -0.2) is 27.5 Å². The highest BCUT2D eigenvalue weighted by Crippen LogP contribution is 2.10. The second-order valence-corrected chi connectivity index (χ2v) is 6.06. The first-order valence-corrected chi connectivity index (χ1v) is 7.45. The van der Waals surface area contributed by atoms with Gasteiger partial charge in [-0.2, -0.15) is 0 Å². The minimum absolute atomic E-state index is 0.333. The van der Waals surface area contributed by atoms with Crippen LogP contribution in [0.1, 0.15) is 19.3 Å². The summed E-state index contributed by atoms with van der Waals surface area (Å²) < 4.78 is 26.4. The van der Waals surface area contributed by atoms with E-state index in [2.05, 4.69) is 10.0 Å². The molecule has 0 aromatic heterocycles. The van der Waals surface area contributed by atoms with Crippen molar-refractivity contribution >= 4 is 10.0 Å². The Labute approximate surface area is 102 Å². The van der Waals surface area contributed by atoms with Crippen LogP contribution in [-0.2, 0) is 10.0 Å². The van der Waals surface area contributed by atoms with Crippen LogP contribution in [0, 0.1) is 0 Å². The fourth-order valence-corrected chi connectivity index (χ4v) is 3.12. The Kier molecular flexibility index (Phi) is 4.15. The maximum absolute atomic E-state index is 11.9. The van der Waals surface area contributed by atoms with Crippen molar-refractivity contribution in [1.82, 2.24) is 10.0 Å². The van der Waals surface area contributed by atoms with Crippen molar-refractivity contribution in [1.29, 1.82) is 0 Å². The Morgan fingerprint density at radius 3 is 2.71 bits per heavy atom. The number of rotatable bonds is 5. The minimum Gasteiger partial charge on any atom is -0.314 e. The molecule has 1 aliphatic heterocycles. The average Bonchev–Trinajstić information content (AvgIpc) is 2.83. The summed E-state index contributed by atoms with van der Waals surface area (Å²) >= 11 is 0. The highest BCUT2D eigenvalue weighted by Gasteiger charge is 2.16. The predicted molar refractivity (Wildman–Crippen MR) is 67.3 cm³/mol. The molecule has 0 amide bonds. The van der Waals surface area contributed by atoms with Crippen LogP contribution in [0.3, 0.4) is 0 Å². The smallest absolute Gasteiger partial charge is 0.240 e. The second-order valence-electron chi connectivity index (χ2n) is 4.29. The molecule has 1 heterocycles. The Hall–Kier alpha value is -0.910. The van der Waals surface area contributed by atoms with Crippen molar-refractivity contribution < 1.29 is 8.42 Å². The molecule has 4 nitrogen and oxygen atoms in total. The monoisotopic (exact) mass is 254 g/mol. The number of benzene rings is 1. The quantitative estimate of drug-likeness (QED) is 0.827. The van der Waals surface area contributed by atoms with Gasteiger partial charge in [0, 0.05) is 12.6 Å². The van der Waals surface area contributed by atoms with Crippen molar-refractivity contribution in [3.63, 3.8) is 0 Å². The Morgan fingerprint density at radius 1 is 1.29 bits per heavy atom. The van der Waals surface area contributed by atoms with Crippen LogP contribution in [0.15, 0.2) is 35.2 Å². The van der Waals surface area contributed by atoms with Crippen LogP contribution in [0.2, 0.25) is 0 Å². The highest BCUT2D eigenvalue weighted by atomic mass is 32.2. The zero-order valence-electron chi connectivity index (χ0n) is 9.72. The van der Waals surface area contributed by atoms with E-state index in [4.69, 9.17) is 0 Å². The number of hydrogen-bond donors (Lipinski definition) is 2. The zero-order chi connectivity index (χ0) is 12.1. The van der Waals surface area contributed by atoms with Gasteiger partial charge in [0.1, 0.15) is 0 Å². The Balaban J connectivity index is 1.85. The lowest BCUT2D eigenvalue weighted by atomic mass is 10.2. The van der Waals surface area contributed by atoms with E-state index >= 15 is 0 Å². The molecule has 0 unspecified atom stereocenters. The van der Waals surface area contributed by atoms with E-state index < -0.39 is 10.0 Å². The lowest BCUT2D eigenvalue weighted by molar-refractivity contribution is 0.539. The molecule has 2 rings (SSSR count).